The standard InChI is InChI=1S/C25H34N2O11S/c1-5-33-24(31)35-12-18-19(28)20(29)21(30)23(37-18)38-22-17(11-15-7-9-16(39-4)10-8-15)14(3)27(26-22)13-36-25(32)34-6-2/h7-10,18-21,23,28-30H,5-6,11-13H2,1-4H3/t18-,19-,20+,21-,23?/m1/s1. The van der Waals surface area contributed by atoms with Crippen LogP contribution in [0.3, 0.4) is 0 Å². The van der Waals surface area contributed by atoms with Crippen molar-refractivity contribution in [2.45, 2.75) is 69.5 Å². The van der Waals surface area contributed by atoms with Crippen LogP contribution in [0.2, 0.25) is 0 Å². The van der Waals surface area contributed by atoms with E-state index < -0.39 is 49.6 Å². The van der Waals surface area contributed by atoms with Crippen molar-refractivity contribution in [1.29, 1.82) is 0 Å². The van der Waals surface area contributed by atoms with Gasteiger partial charge in [0.15, 0.2) is 6.73 Å². The molecule has 2 heterocycles. The van der Waals surface area contributed by atoms with E-state index in [4.69, 9.17) is 28.4 Å². The monoisotopic (exact) mass is 570 g/mol. The van der Waals surface area contributed by atoms with E-state index in [2.05, 4.69) is 5.10 Å². The SMILES string of the molecule is CCOC(=O)OC[C@H]1OC(Oc2nn(COC(=O)OCC)c(C)c2Cc2ccc(SC)cc2)[C@H](O)[C@@H](O)[C@@H]1O. The van der Waals surface area contributed by atoms with E-state index in [0.29, 0.717) is 17.7 Å². The van der Waals surface area contributed by atoms with Gasteiger partial charge in [-0.1, -0.05) is 12.1 Å². The normalized spacial score (nSPS) is 22.7. The minimum Gasteiger partial charge on any atom is -0.443 e. The van der Waals surface area contributed by atoms with Crippen molar-refractivity contribution < 1.29 is 53.3 Å². The van der Waals surface area contributed by atoms with Crippen molar-refractivity contribution in [2.24, 2.45) is 0 Å². The average molecular weight is 571 g/mol. The summed E-state index contributed by atoms with van der Waals surface area (Å²) >= 11 is 1.61. The Morgan fingerprint density at radius 1 is 0.974 bits per heavy atom. The quantitative estimate of drug-likeness (QED) is 0.265. The van der Waals surface area contributed by atoms with Crippen LogP contribution in [0.1, 0.15) is 30.7 Å². The summed E-state index contributed by atoms with van der Waals surface area (Å²) in [6.45, 7) is 4.52. The predicted molar refractivity (Wildman–Crippen MR) is 136 cm³/mol. The van der Waals surface area contributed by atoms with Crippen LogP contribution in [-0.4, -0.2) is 94.2 Å². The van der Waals surface area contributed by atoms with E-state index in [-0.39, 0.29) is 25.8 Å². The highest BCUT2D eigenvalue weighted by atomic mass is 32.2. The zero-order chi connectivity index (χ0) is 28.5. The lowest BCUT2D eigenvalue weighted by molar-refractivity contribution is -0.278. The van der Waals surface area contributed by atoms with Gasteiger partial charge in [0.25, 0.3) is 0 Å². The van der Waals surface area contributed by atoms with Crippen LogP contribution in [0.5, 0.6) is 5.88 Å². The molecule has 0 amide bonds. The van der Waals surface area contributed by atoms with Crippen LogP contribution in [0, 0.1) is 6.92 Å². The molecular formula is C25H34N2O11S. The summed E-state index contributed by atoms with van der Waals surface area (Å²) in [7, 11) is 0. The number of hydrogen-bond acceptors (Lipinski definition) is 13. The van der Waals surface area contributed by atoms with Gasteiger partial charge in [-0.3, -0.25) is 0 Å². The average Bonchev–Trinajstić information content (AvgIpc) is 3.21. The maximum absolute atomic E-state index is 11.7. The summed E-state index contributed by atoms with van der Waals surface area (Å²) in [4.78, 5) is 24.4. The molecule has 3 N–H and O–H groups in total. The third kappa shape index (κ3) is 7.99. The van der Waals surface area contributed by atoms with Crippen molar-refractivity contribution in [3.8, 4) is 5.88 Å². The number of carbonyl (C=O) groups excluding carboxylic acids is 2. The first-order valence-corrected chi connectivity index (χ1v) is 13.6. The molecule has 0 saturated carbocycles. The van der Waals surface area contributed by atoms with Crippen LogP contribution in [0.4, 0.5) is 9.59 Å². The van der Waals surface area contributed by atoms with Crippen molar-refractivity contribution in [3.05, 3.63) is 41.1 Å². The summed E-state index contributed by atoms with van der Waals surface area (Å²) in [5, 5.41) is 35.7. The van der Waals surface area contributed by atoms with E-state index in [1.807, 2.05) is 30.5 Å². The second-order valence-corrected chi connectivity index (χ2v) is 9.36. The Labute approximate surface area is 229 Å². The van der Waals surface area contributed by atoms with Crippen LogP contribution >= 0.6 is 11.8 Å². The van der Waals surface area contributed by atoms with Crippen LogP contribution < -0.4 is 4.74 Å². The minimum absolute atomic E-state index is 0.0478. The molecule has 13 nitrogen and oxygen atoms in total. The van der Waals surface area contributed by atoms with E-state index in [1.54, 1.807) is 32.5 Å². The molecule has 3 rings (SSSR count). The molecule has 39 heavy (non-hydrogen) atoms. The highest BCUT2D eigenvalue weighted by molar-refractivity contribution is 7.98. The maximum atomic E-state index is 11.7. The number of aliphatic hydroxyl groups excluding tert-OH is 3. The molecule has 1 fully saturated rings. The van der Waals surface area contributed by atoms with E-state index in [0.717, 1.165) is 10.5 Å². The summed E-state index contributed by atoms with van der Waals surface area (Å²) in [6, 6.07) is 7.86. The van der Waals surface area contributed by atoms with Gasteiger partial charge in [0.2, 0.25) is 12.2 Å². The lowest BCUT2D eigenvalue weighted by Gasteiger charge is -2.39. The first-order chi connectivity index (χ1) is 18.7. The maximum Gasteiger partial charge on any atom is 0.510 e. The van der Waals surface area contributed by atoms with Crippen molar-refractivity contribution in [2.75, 3.05) is 26.1 Å². The molecule has 1 saturated heterocycles. The number of nitrogens with zero attached hydrogens (tertiary/aromatic N) is 2. The molecule has 14 heteroatoms. The zero-order valence-corrected chi connectivity index (χ0v) is 23.0. The summed E-state index contributed by atoms with van der Waals surface area (Å²) < 4.78 is 32.5. The number of aliphatic hydroxyl groups is 3. The fourth-order valence-electron chi connectivity index (χ4n) is 3.77. The fraction of sp³-hybridized carbons (Fsp3) is 0.560. The summed E-state index contributed by atoms with van der Waals surface area (Å²) in [6.07, 6.45) is -7.09. The van der Waals surface area contributed by atoms with Gasteiger partial charge in [0, 0.05) is 22.6 Å². The van der Waals surface area contributed by atoms with Gasteiger partial charge in [-0.2, -0.15) is 0 Å². The first-order valence-electron chi connectivity index (χ1n) is 12.3. The summed E-state index contributed by atoms with van der Waals surface area (Å²) in [5.41, 5.74) is 2.15. The Morgan fingerprint density at radius 3 is 2.23 bits per heavy atom. The lowest BCUT2D eigenvalue weighted by Crippen LogP contribution is -2.60. The molecule has 1 aromatic carbocycles. The van der Waals surface area contributed by atoms with E-state index in [1.165, 1.54) is 4.68 Å². The number of carbonyl (C=O) groups is 2. The number of rotatable bonds is 11. The molecule has 0 spiro atoms. The van der Waals surface area contributed by atoms with Crippen LogP contribution in [0.25, 0.3) is 0 Å². The molecular weight excluding hydrogens is 536 g/mol. The van der Waals surface area contributed by atoms with Gasteiger partial charge in [-0.05, 0) is 44.7 Å². The van der Waals surface area contributed by atoms with Crippen molar-refractivity contribution >= 4 is 24.1 Å². The van der Waals surface area contributed by atoms with Gasteiger partial charge in [0.05, 0.1) is 13.2 Å². The number of hydrogen-bond donors (Lipinski definition) is 3. The van der Waals surface area contributed by atoms with Gasteiger partial charge in [0.1, 0.15) is 31.0 Å². The fourth-order valence-corrected chi connectivity index (χ4v) is 4.18. The van der Waals surface area contributed by atoms with Gasteiger partial charge < -0.3 is 43.7 Å². The van der Waals surface area contributed by atoms with Gasteiger partial charge in [-0.25, -0.2) is 14.3 Å². The Morgan fingerprint density at radius 2 is 1.62 bits per heavy atom. The minimum atomic E-state index is -1.67. The van der Waals surface area contributed by atoms with Crippen LogP contribution in [-0.2, 0) is 36.8 Å². The molecule has 2 aromatic rings. The molecule has 1 aliphatic rings. The second-order valence-electron chi connectivity index (χ2n) is 8.48. The first kappa shape index (κ1) is 30.5. The second kappa shape index (κ2) is 14.4. The molecule has 0 bridgehead atoms. The van der Waals surface area contributed by atoms with Crippen molar-refractivity contribution in [3.63, 3.8) is 0 Å². The number of aromatic nitrogens is 2. The highest BCUT2D eigenvalue weighted by Crippen LogP contribution is 2.30. The van der Waals surface area contributed by atoms with Gasteiger partial charge >= 0.3 is 12.3 Å². The number of thioether (sulfide) groups is 1. The van der Waals surface area contributed by atoms with Gasteiger partial charge in [-0.15, -0.1) is 16.9 Å². The number of benzene rings is 1. The predicted octanol–water partition coefficient (Wildman–Crippen LogP) is 1.99. The van der Waals surface area contributed by atoms with Crippen LogP contribution in [0.15, 0.2) is 29.2 Å². The Kier molecular flexibility index (Phi) is 11.2. The Bertz CT molecular complexity index is 1090. The Hall–Kier alpha value is -3.04. The molecule has 1 aromatic heterocycles. The smallest absolute Gasteiger partial charge is 0.443 e. The third-order valence-electron chi connectivity index (χ3n) is 5.92. The highest BCUT2D eigenvalue weighted by Gasteiger charge is 2.46. The topological polar surface area (TPSA) is 168 Å². The third-order valence-corrected chi connectivity index (χ3v) is 6.67. The molecule has 5 atom stereocenters. The van der Waals surface area contributed by atoms with E-state index in [9.17, 15) is 24.9 Å². The van der Waals surface area contributed by atoms with Crippen molar-refractivity contribution in [1.82, 2.24) is 9.78 Å². The Balaban J connectivity index is 1.84. The molecule has 1 aliphatic heterocycles. The van der Waals surface area contributed by atoms with E-state index >= 15 is 0 Å². The molecule has 1 unspecified atom stereocenters. The lowest BCUT2D eigenvalue weighted by atomic mass is 9.99. The molecule has 216 valence electrons. The number of ether oxygens (including phenoxy) is 6. The molecule has 0 radical (unpaired) electrons. The largest absolute Gasteiger partial charge is 0.510 e. The zero-order valence-electron chi connectivity index (χ0n) is 22.1. The molecule has 0 aliphatic carbocycles. The summed E-state index contributed by atoms with van der Waals surface area (Å²) in [5.74, 6) is 0.0478.